The van der Waals surface area contributed by atoms with Crippen LogP contribution < -0.4 is 0 Å². The second-order valence-electron chi connectivity index (χ2n) is 22.1. The number of benzene rings is 4. The Morgan fingerprint density at radius 2 is 0.739 bits per heavy atom. The van der Waals surface area contributed by atoms with Crippen molar-refractivity contribution >= 4 is 135 Å². The maximum Gasteiger partial charge on any atom is 0.194 e. The van der Waals surface area contributed by atoms with Crippen LogP contribution in [0.5, 0.6) is 0 Å². The van der Waals surface area contributed by atoms with Crippen molar-refractivity contribution in [1.29, 1.82) is 21.0 Å². The molecule has 0 radical (unpaired) electrons. The Labute approximate surface area is 538 Å². The predicted molar refractivity (Wildman–Crippen MR) is 365 cm³/mol. The lowest BCUT2D eigenvalue weighted by Gasteiger charge is -2.31. The number of carbonyl (C=O) groups excluding carboxylic acids is 2. The fraction of sp³-hybridized carbons (Fsp3) is 0.0811. The van der Waals surface area contributed by atoms with Crippen molar-refractivity contribution in [1.82, 2.24) is 0 Å². The molecule has 0 atom stereocenters. The first-order valence-electron chi connectivity index (χ1n) is 28.1. The second-order valence-corrected chi connectivity index (χ2v) is 31.6. The van der Waals surface area contributed by atoms with Crippen LogP contribution in [0, 0.1) is 73.0 Å². The highest BCUT2D eigenvalue weighted by atomic mass is 32.1. The summed E-state index contributed by atoms with van der Waals surface area (Å²) in [5.74, 6) is -0.392. The van der Waals surface area contributed by atoms with Gasteiger partial charge in [-0.2, -0.15) is 21.0 Å². The Morgan fingerprint density at radius 1 is 0.386 bits per heavy atom. The predicted octanol–water partition coefficient (Wildman–Crippen LogP) is 20.8. The van der Waals surface area contributed by atoms with Gasteiger partial charge in [-0.15, -0.1) is 90.7 Å². The fourth-order valence-electron chi connectivity index (χ4n) is 13.6. The summed E-state index contributed by atoms with van der Waals surface area (Å²) in [7, 11) is 0. The normalized spacial score (nSPS) is 15.5. The van der Waals surface area contributed by atoms with Crippen LogP contribution in [-0.4, -0.2) is 11.6 Å². The van der Waals surface area contributed by atoms with Crippen LogP contribution in [-0.2, 0) is 10.8 Å². The summed E-state index contributed by atoms with van der Waals surface area (Å²) < 4.78 is 2.60. The molecule has 0 saturated heterocycles. The van der Waals surface area contributed by atoms with Gasteiger partial charge in [0, 0.05) is 113 Å². The standard InChI is InChI=1S/C74H40N4O2S8/c1-37-13-25-59(81-37)73(60-26-14-38(2)82-60)55-29-41(57-23-19-45(85-57)31-53-63(43(33-75)34-76)47-9-5-7-11-49(47)67(53)79)17-21-51(55)69-65(73)71-72(87-69)66-70(88-71)52-22-18-42(30-56(52)74(66,61-27-15-39(3)83-61)62-28-16-40(4)84-62)58-24-20-46(86-58)32-54-64(44(35-77)36-78)48-10-6-8-12-50(48)68(54)80/h5-32H,1-4H3/b53-31-,54-32-. The first kappa shape index (κ1) is 54.4. The third-order valence-corrected chi connectivity index (χ3v) is 26.6. The Kier molecular flexibility index (Phi) is 12.5. The maximum atomic E-state index is 14.0. The lowest BCUT2D eigenvalue weighted by atomic mass is 9.74. The highest BCUT2D eigenvalue weighted by Crippen LogP contribution is 2.70. The van der Waals surface area contributed by atoms with E-state index in [0.29, 0.717) is 44.5 Å². The van der Waals surface area contributed by atoms with E-state index in [4.69, 9.17) is 0 Å². The number of thiophene rings is 8. The summed E-state index contributed by atoms with van der Waals surface area (Å²) in [5.41, 5.74) is 11.9. The summed E-state index contributed by atoms with van der Waals surface area (Å²) in [5, 5.41) is 40.2. The quantitative estimate of drug-likeness (QED) is 0.110. The van der Waals surface area contributed by atoms with Crippen LogP contribution in [0.25, 0.3) is 74.5 Å². The fourth-order valence-corrected chi connectivity index (χ4v) is 23.2. The number of ketones is 2. The minimum absolute atomic E-state index is 0.0804. The van der Waals surface area contributed by atoms with Gasteiger partial charge in [-0.25, -0.2) is 0 Å². The van der Waals surface area contributed by atoms with E-state index in [1.165, 1.54) is 91.6 Å². The molecule has 0 saturated carbocycles. The summed E-state index contributed by atoms with van der Waals surface area (Å²) in [4.78, 5) is 44.4. The van der Waals surface area contributed by atoms with Crippen LogP contribution in [0.4, 0.5) is 0 Å². The average Bonchev–Trinajstić information content (AvgIpc) is 1.49. The molecule has 4 aromatic carbocycles. The van der Waals surface area contributed by atoms with Crippen molar-refractivity contribution in [3.05, 3.63) is 273 Å². The van der Waals surface area contributed by atoms with Crippen molar-refractivity contribution in [2.24, 2.45) is 0 Å². The zero-order valence-corrected chi connectivity index (χ0v) is 53.6. The second kappa shape index (κ2) is 20.3. The molecule has 4 aliphatic rings. The first-order valence-corrected chi connectivity index (χ1v) is 34.6. The lowest BCUT2D eigenvalue weighted by Crippen LogP contribution is -2.27. The molecule has 88 heavy (non-hydrogen) atoms. The topological polar surface area (TPSA) is 129 Å². The van der Waals surface area contributed by atoms with Crippen LogP contribution in [0.1, 0.15) is 103 Å². The van der Waals surface area contributed by atoms with Gasteiger partial charge in [0.25, 0.3) is 0 Å². The van der Waals surface area contributed by atoms with Gasteiger partial charge in [-0.3, -0.25) is 9.59 Å². The van der Waals surface area contributed by atoms with Gasteiger partial charge in [0.05, 0.1) is 20.2 Å². The van der Waals surface area contributed by atoms with Crippen molar-refractivity contribution in [3.8, 4) is 66.0 Å². The molecular formula is C74H40N4O2S8. The third-order valence-electron chi connectivity index (χ3n) is 17.3. The van der Waals surface area contributed by atoms with E-state index in [2.05, 4.69) is 149 Å². The third kappa shape index (κ3) is 7.66. The van der Waals surface area contributed by atoms with E-state index in [9.17, 15) is 30.6 Å². The highest BCUT2D eigenvalue weighted by Gasteiger charge is 2.56. The minimum atomic E-state index is -0.655. The molecule has 6 nitrogen and oxygen atoms in total. The van der Waals surface area contributed by atoms with Crippen molar-refractivity contribution < 1.29 is 9.59 Å². The number of Topliss-reactive ketones (excluding diaryl/α,β-unsaturated/α-hetero) is 2. The first-order chi connectivity index (χ1) is 42.9. The number of nitriles is 4. The number of allylic oxidation sites excluding steroid dienone is 6. The minimum Gasteiger partial charge on any atom is -0.289 e. The molecular weight excluding hydrogens is 1230 g/mol. The molecule has 12 aromatic rings. The monoisotopic (exact) mass is 1270 g/mol. The Hall–Kier alpha value is -9.00. The van der Waals surface area contributed by atoms with Crippen molar-refractivity contribution in [2.45, 2.75) is 38.5 Å². The van der Waals surface area contributed by atoms with E-state index in [0.717, 1.165) is 30.6 Å². The van der Waals surface area contributed by atoms with E-state index >= 15 is 0 Å². The number of aryl methyl sites for hydroxylation is 4. The summed E-state index contributed by atoms with van der Waals surface area (Å²) in [6.45, 7) is 8.81. The Bertz CT molecular complexity index is 5000. The number of hydrogen-bond donors (Lipinski definition) is 0. The molecule has 8 aromatic heterocycles. The molecule has 0 bridgehead atoms. The van der Waals surface area contributed by atoms with Gasteiger partial charge in [0.2, 0.25) is 0 Å². The zero-order valence-electron chi connectivity index (χ0n) is 47.0. The molecule has 0 fully saturated rings. The van der Waals surface area contributed by atoms with Crippen molar-refractivity contribution in [2.75, 3.05) is 0 Å². The van der Waals surface area contributed by atoms with E-state index in [1.54, 1.807) is 34.8 Å². The van der Waals surface area contributed by atoms with E-state index < -0.39 is 10.8 Å². The molecule has 0 amide bonds. The number of carbonyl (C=O) groups is 2. The maximum absolute atomic E-state index is 14.0. The van der Waals surface area contributed by atoms with E-state index in [-0.39, 0.29) is 22.7 Å². The molecule has 0 unspecified atom stereocenters. The lowest BCUT2D eigenvalue weighted by molar-refractivity contribution is 0.103. The summed E-state index contributed by atoms with van der Waals surface area (Å²) in [6, 6.07) is 63.4. The smallest absolute Gasteiger partial charge is 0.194 e. The van der Waals surface area contributed by atoms with Crippen LogP contribution in [0.2, 0.25) is 0 Å². The van der Waals surface area contributed by atoms with Gasteiger partial charge in [-0.1, -0.05) is 72.8 Å². The molecule has 4 aliphatic carbocycles. The number of fused-ring (bicyclic) bond motifs is 11. The zero-order chi connectivity index (χ0) is 60.1. The molecule has 0 aliphatic heterocycles. The Balaban J connectivity index is 0.883. The Morgan fingerprint density at radius 3 is 1.07 bits per heavy atom. The van der Waals surface area contributed by atoms with Gasteiger partial charge in [-0.05, 0) is 169 Å². The molecule has 14 heteroatoms. The molecule has 8 heterocycles. The van der Waals surface area contributed by atoms with E-state index in [1.807, 2.05) is 129 Å². The number of hydrogen-bond acceptors (Lipinski definition) is 14. The number of rotatable bonds is 8. The highest BCUT2D eigenvalue weighted by molar-refractivity contribution is 7.32. The molecule has 0 N–H and O–H groups in total. The number of nitrogens with zero attached hydrogens (tertiary/aromatic N) is 4. The van der Waals surface area contributed by atoms with Crippen molar-refractivity contribution in [3.63, 3.8) is 0 Å². The SMILES string of the molecule is Cc1ccc(C2(c3ccc(C)s3)c3cc(-c4ccc(/C=C5\C(=O)c6ccccc6C5=C(C#N)C#N)s4)ccc3-c3sc4c5c(sc4c32)-c2ccc(-c3ccc(/C=C4\C(=O)c6ccccc6C4=C(C#N)C#N)s3)cc2C5(c2ccc(C)s2)c2ccc(C)s2)s1. The van der Waals surface area contributed by atoms with Gasteiger partial charge < -0.3 is 0 Å². The molecule has 16 rings (SSSR count). The van der Waals surface area contributed by atoms with Gasteiger partial charge in [0.15, 0.2) is 11.6 Å². The van der Waals surface area contributed by atoms with Crippen LogP contribution in [0.3, 0.4) is 0 Å². The van der Waals surface area contributed by atoms with Crippen LogP contribution >= 0.6 is 90.7 Å². The van der Waals surface area contributed by atoms with Crippen LogP contribution in [0.15, 0.2) is 180 Å². The van der Waals surface area contributed by atoms with Gasteiger partial charge in [0.1, 0.15) is 35.4 Å². The largest absolute Gasteiger partial charge is 0.289 e. The van der Waals surface area contributed by atoms with Gasteiger partial charge >= 0.3 is 0 Å². The molecule has 416 valence electrons. The summed E-state index contributed by atoms with van der Waals surface area (Å²) >= 11 is 14.5. The average molecular weight is 1270 g/mol. The summed E-state index contributed by atoms with van der Waals surface area (Å²) in [6.07, 6.45) is 3.69. The molecule has 0 spiro atoms.